The van der Waals surface area contributed by atoms with E-state index in [4.69, 9.17) is 9.47 Å². The first-order valence-electron chi connectivity index (χ1n) is 9.46. The van der Waals surface area contributed by atoms with E-state index in [0.29, 0.717) is 0 Å². The first kappa shape index (κ1) is 23.9. The molecule has 2 rings (SSSR count). The summed E-state index contributed by atoms with van der Waals surface area (Å²) in [6, 6.07) is 13.0. The average Bonchev–Trinajstić information content (AvgIpc) is 2.74. The Hall–Kier alpha value is -2.33. The number of amides is 1. The number of methoxy groups -OCH3 is 2. The second-order valence-corrected chi connectivity index (χ2v) is 8.29. The van der Waals surface area contributed by atoms with Gasteiger partial charge in [0, 0.05) is 27.3 Å². The molecule has 0 unspecified atom stereocenters. The molecule has 0 aliphatic rings. The third-order valence-electron chi connectivity index (χ3n) is 4.45. The van der Waals surface area contributed by atoms with Gasteiger partial charge in [-0.25, -0.2) is 12.8 Å². The van der Waals surface area contributed by atoms with Crippen LogP contribution in [0.2, 0.25) is 0 Å². The molecule has 1 atom stereocenters. The number of nitrogens with one attached hydrogen (secondary N) is 1. The third kappa shape index (κ3) is 6.88. The second kappa shape index (κ2) is 11.8. The maximum absolute atomic E-state index is 14.1. The lowest BCUT2D eigenvalue weighted by Gasteiger charge is -2.27. The molecule has 2 aromatic carbocycles. The quantitative estimate of drug-likeness (QED) is 0.547. The fourth-order valence-electron chi connectivity index (χ4n) is 2.90. The van der Waals surface area contributed by atoms with Crippen molar-refractivity contribution in [3.05, 3.63) is 66.0 Å². The number of hydrogen-bond acceptors (Lipinski definition) is 5. The van der Waals surface area contributed by atoms with Gasteiger partial charge >= 0.3 is 0 Å². The Labute approximate surface area is 176 Å². The lowest BCUT2D eigenvalue weighted by molar-refractivity contribution is -0.134. The Kier molecular flexibility index (Phi) is 9.38. The van der Waals surface area contributed by atoms with Crippen molar-refractivity contribution >= 4 is 15.9 Å². The maximum atomic E-state index is 14.1. The van der Waals surface area contributed by atoms with Gasteiger partial charge in [0.1, 0.15) is 16.8 Å². The Bertz CT molecular complexity index is 901. The molecule has 7 nitrogen and oxygen atoms in total. The molecular weight excluding hydrogens is 411 g/mol. The van der Waals surface area contributed by atoms with Gasteiger partial charge in [0.15, 0.2) is 0 Å². The molecule has 30 heavy (non-hydrogen) atoms. The number of nitrogens with zero attached hydrogens (tertiary/aromatic N) is 1. The van der Waals surface area contributed by atoms with Crippen molar-refractivity contribution in [2.45, 2.75) is 17.4 Å². The normalized spacial score (nSPS) is 12.5. The molecule has 1 amide bonds. The highest BCUT2D eigenvalue weighted by Crippen LogP contribution is 2.16. The zero-order valence-corrected chi connectivity index (χ0v) is 17.9. The molecule has 0 aliphatic carbocycles. The Balaban J connectivity index is 2.33. The van der Waals surface area contributed by atoms with Crippen molar-refractivity contribution < 1.29 is 27.1 Å². The summed E-state index contributed by atoms with van der Waals surface area (Å²) in [6.45, 7) is 1.11. The monoisotopic (exact) mass is 438 g/mol. The molecule has 164 valence electrons. The van der Waals surface area contributed by atoms with Gasteiger partial charge in [-0.15, -0.1) is 0 Å². The van der Waals surface area contributed by atoms with Crippen LogP contribution in [0.1, 0.15) is 5.56 Å². The molecule has 0 spiro atoms. The summed E-state index contributed by atoms with van der Waals surface area (Å²) in [7, 11) is -1.23. The second-order valence-electron chi connectivity index (χ2n) is 6.60. The summed E-state index contributed by atoms with van der Waals surface area (Å²) in [5.41, 5.74) is 0.769. The van der Waals surface area contributed by atoms with Gasteiger partial charge in [-0.05, 0) is 24.1 Å². The fourth-order valence-corrected chi connectivity index (χ4v) is 4.17. The molecule has 0 saturated carbocycles. The van der Waals surface area contributed by atoms with Crippen molar-refractivity contribution in [3.8, 4) is 0 Å². The van der Waals surface area contributed by atoms with Crippen molar-refractivity contribution in [1.29, 1.82) is 0 Å². The first-order valence-corrected chi connectivity index (χ1v) is 10.9. The number of halogens is 1. The zero-order chi connectivity index (χ0) is 22.0. The van der Waals surface area contributed by atoms with E-state index in [1.165, 1.54) is 31.3 Å². The minimum absolute atomic E-state index is 0.115. The van der Waals surface area contributed by atoms with Crippen LogP contribution in [0.4, 0.5) is 4.39 Å². The number of sulfonamides is 1. The highest BCUT2D eigenvalue weighted by Gasteiger charge is 2.30. The molecule has 0 aromatic heterocycles. The van der Waals surface area contributed by atoms with E-state index >= 15 is 0 Å². The molecule has 0 radical (unpaired) electrons. The summed E-state index contributed by atoms with van der Waals surface area (Å²) in [5, 5.41) is 0. The number of benzene rings is 2. The number of ether oxygens (including phenoxy) is 2. The minimum Gasteiger partial charge on any atom is -0.383 e. The van der Waals surface area contributed by atoms with Crippen LogP contribution < -0.4 is 4.72 Å². The van der Waals surface area contributed by atoms with E-state index in [9.17, 15) is 17.6 Å². The highest BCUT2D eigenvalue weighted by molar-refractivity contribution is 7.89. The van der Waals surface area contributed by atoms with E-state index in [1.54, 1.807) is 24.3 Å². The van der Waals surface area contributed by atoms with Gasteiger partial charge in [0.25, 0.3) is 0 Å². The standard InChI is InChI=1S/C21H27FN2O5S/c1-28-14-12-24(13-15-29-2)21(25)19(16-17-8-4-3-5-9-17)23-30(26,27)20-11-7-6-10-18(20)22/h3-11,19,23H,12-16H2,1-2H3/t19-/m0/s1. The van der Waals surface area contributed by atoms with Crippen molar-refractivity contribution in [1.82, 2.24) is 9.62 Å². The van der Waals surface area contributed by atoms with Crippen LogP contribution in [0.3, 0.4) is 0 Å². The Morgan fingerprint density at radius 3 is 2.13 bits per heavy atom. The molecule has 0 heterocycles. The van der Waals surface area contributed by atoms with Crippen molar-refractivity contribution in [3.63, 3.8) is 0 Å². The van der Waals surface area contributed by atoms with E-state index in [2.05, 4.69) is 4.72 Å². The molecule has 9 heteroatoms. The summed E-state index contributed by atoms with van der Waals surface area (Å²) in [5.74, 6) is -1.32. The van der Waals surface area contributed by atoms with Gasteiger partial charge in [-0.1, -0.05) is 42.5 Å². The van der Waals surface area contributed by atoms with Crippen LogP contribution in [0.15, 0.2) is 59.5 Å². The topological polar surface area (TPSA) is 84.9 Å². The summed E-state index contributed by atoms with van der Waals surface area (Å²) >= 11 is 0. The van der Waals surface area contributed by atoms with Crippen molar-refractivity contribution in [2.24, 2.45) is 0 Å². The van der Waals surface area contributed by atoms with E-state index in [-0.39, 0.29) is 32.7 Å². The van der Waals surface area contributed by atoms with Crippen LogP contribution >= 0.6 is 0 Å². The third-order valence-corrected chi connectivity index (χ3v) is 5.95. The highest BCUT2D eigenvalue weighted by atomic mass is 32.2. The van der Waals surface area contributed by atoms with Crippen LogP contribution in [0, 0.1) is 5.82 Å². The lowest BCUT2D eigenvalue weighted by Crippen LogP contribution is -2.51. The zero-order valence-electron chi connectivity index (χ0n) is 17.1. The lowest BCUT2D eigenvalue weighted by atomic mass is 10.1. The van der Waals surface area contributed by atoms with Gasteiger partial charge in [-0.3, -0.25) is 4.79 Å². The summed E-state index contributed by atoms with van der Waals surface area (Å²) in [6.07, 6.45) is 0.115. The molecule has 0 bridgehead atoms. The number of hydrogen-bond donors (Lipinski definition) is 1. The van der Waals surface area contributed by atoms with E-state index in [1.807, 2.05) is 6.07 Å². The molecule has 1 N–H and O–H groups in total. The smallest absolute Gasteiger partial charge is 0.244 e. The van der Waals surface area contributed by atoms with Crippen LogP contribution in [0.5, 0.6) is 0 Å². The molecule has 0 fully saturated rings. The first-order chi connectivity index (χ1) is 14.4. The fraction of sp³-hybridized carbons (Fsp3) is 0.381. The Morgan fingerprint density at radius 1 is 1.00 bits per heavy atom. The summed E-state index contributed by atoms with van der Waals surface area (Å²) < 4.78 is 52.3. The molecular formula is C21H27FN2O5S. The van der Waals surface area contributed by atoms with Gasteiger partial charge < -0.3 is 14.4 Å². The van der Waals surface area contributed by atoms with E-state index < -0.39 is 32.7 Å². The van der Waals surface area contributed by atoms with Crippen molar-refractivity contribution in [2.75, 3.05) is 40.5 Å². The predicted octanol–water partition coefficient (Wildman–Crippen LogP) is 1.84. The van der Waals surface area contributed by atoms with Crippen LogP contribution in [0.25, 0.3) is 0 Å². The van der Waals surface area contributed by atoms with Gasteiger partial charge in [-0.2, -0.15) is 4.72 Å². The molecule has 0 aliphatic heterocycles. The number of rotatable bonds is 12. The van der Waals surface area contributed by atoms with Crippen LogP contribution in [-0.2, 0) is 30.7 Å². The molecule has 2 aromatic rings. The van der Waals surface area contributed by atoms with Crippen LogP contribution in [-0.4, -0.2) is 65.8 Å². The average molecular weight is 439 g/mol. The number of carbonyl (C=O) groups excluding carboxylic acids is 1. The maximum Gasteiger partial charge on any atom is 0.244 e. The number of carbonyl (C=O) groups is 1. The minimum atomic E-state index is -4.26. The SMILES string of the molecule is COCCN(CCOC)C(=O)[C@H](Cc1ccccc1)NS(=O)(=O)c1ccccc1F. The van der Waals surface area contributed by atoms with Gasteiger partial charge in [0.05, 0.1) is 13.2 Å². The van der Waals surface area contributed by atoms with Gasteiger partial charge in [0.2, 0.25) is 15.9 Å². The predicted molar refractivity (Wildman–Crippen MR) is 111 cm³/mol. The Morgan fingerprint density at radius 2 is 1.57 bits per heavy atom. The largest absolute Gasteiger partial charge is 0.383 e. The van der Waals surface area contributed by atoms with E-state index in [0.717, 1.165) is 17.7 Å². The summed E-state index contributed by atoms with van der Waals surface area (Å²) in [4.78, 5) is 14.2. The molecule has 0 saturated heterocycles.